The highest BCUT2D eigenvalue weighted by molar-refractivity contribution is 6.06. The average Bonchev–Trinajstić information content (AvgIpc) is 3.40. The number of nitrogens with zero attached hydrogens (tertiary/aromatic N) is 2. The first-order valence-corrected chi connectivity index (χ1v) is 10.9. The largest absolute Gasteiger partial charge is 0.356 e. The number of amides is 2. The number of hydrogen-bond donors (Lipinski definition) is 2. The van der Waals surface area contributed by atoms with Gasteiger partial charge in [-0.2, -0.15) is 0 Å². The van der Waals surface area contributed by atoms with Crippen molar-refractivity contribution in [3.05, 3.63) is 47.5 Å². The molecular weight excluding hydrogens is 376 g/mol. The number of carbonyl (C=O) groups is 2. The minimum atomic E-state index is -0.125. The van der Waals surface area contributed by atoms with Crippen molar-refractivity contribution in [1.82, 2.24) is 15.5 Å². The van der Waals surface area contributed by atoms with E-state index < -0.39 is 0 Å². The van der Waals surface area contributed by atoms with Crippen molar-refractivity contribution in [3.8, 4) is 0 Å². The summed E-state index contributed by atoms with van der Waals surface area (Å²) in [4.78, 5) is 31.3. The van der Waals surface area contributed by atoms with Crippen LogP contribution in [0.5, 0.6) is 0 Å². The van der Waals surface area contributed by atoms with Gasteiger partial charge in [-0.3, -0.25) is 19.5 Å². The molecule has 6 heteroatoms. The normalized spacial score (nSPS) is 27.7. The standard InChI is InChI=1S/C24H32N4O2/c1-15-5-9-18(10-6-15)24(2,3)14-27-23(25-4)26-11-12-28-21(29)19-16-7-8-17(13-16)20(19)22(28)30/h5-10,16-17,19-20H,11-14H2,1-4H3,(H2,25,26,27). The second-order valence-electron chi connectivity index (χ2n) is 9.43. The van der Waals surface area contributed by atoms with Crippen LogP contribution in [0.25, 0.3) is 0 Å². The van der Waals surface area contributed by atoms with Crippen LogP contribution < -0.4 is 10.6 Å². The maximum absolute atomic E-state index is 12.8. The van der Waals surface area contributed by atoms with Crippen LogP contribution in [-0.4, -0.2) is 49.4 Å². The molecule has 1 heterocycles. The second-order valence-corrected chi connectivity index (χ2v) is 9.43. The third-order valence-corrected chi connectivity index (χ3v) is 6.94. The Morgan fingerprint density at radius 2 is 1.67 bits per heavy atom. The molecule has 1 aromatic rings. The number of imide groups is 1. The lowest BCUT2D eigenvalue weighted by molar-refractivity contribution is -0.140. The van der Waals surface area contributed by atoms with E-state index in [-0.39, 0.29) is 40.9 Å². The van der Waals surface area contributed by atoms with E-state index in [0.29, 0.717) is 19.0 Å². The monoisotopic (exact) mass is 408 g/mol. The van der Waals surface area contributed by atoms with Gasteiger partial charge < -0.3 is 10.6 Å². The van der Waals surface area contributed by atoms with Gasteiger partial charge in [0.15, 0.2) is 5.96 Å². The van der Waals surface area contributed by atoms with Gasteiger partial charge in [0, 0.05) is 32.1 Å². The van der Waals surface area contributed by atoms with Crippen LogP contribution in [0.1, 0.15) is 31.4 Å². The molecule has 30 heavy (non-hydrogen) atoms. The second kappa shape index (κ2) is 7.89. The molecule has 1 saturated heterocycles. The summed E-state index contributed by atoms with van der Waals surface area (Å²) < 4.78 is 0. The minimum Gasteiger partial charge on any atom is -0.356 e. The molecule has 1 aliphatic heterocycles. The number of nitrogens with one attached hydrogen (secondary N) is 2. The fourth-order valence-corrected chi connectivity index (χ4v) is 5.10. The lowest BCUT2D eigenvalue weighted by Gasteiger charge is -2.27. The Morgan fingerprint density at radius 1 is 1.07 bits per heavy atom. The third-order valence-electron chi connectivity index (χ3n) is 6.94. The van der Waals surface area contributed by atoms with Crippen LogP contribution in [-0.2, 0) is 15.0 Å². The van der Waals surface area contributed by atoms with Gasteiger partial charge in [-0.15, -0.1) is 0 Å². The van der Waals surface area contributed by atoms with E-state index in [1.165, 1.54) is 16.0 Å². The number of guanidine groups is 1. The number of aliphatic imine (C=N–C) groups is 1. The number of carbonyl (C=O) groups excluding carboxylic acids is 2. The summed E-state index contributed by atoms with van der Waals surface area (Å²) in [5.41, 5.74) is 2.45. The van der Waals surface area contributed by atoms with Gasteiger partial charge >= 0.3 is 0 Å². The molecule has 2 fully saturated rings. The fraction of sp³-hybridized carbons (Fsp3) is 0.542. The number of benzene rings is 1. The molecule has 0 radical (unpaired) electrons. The number of likely N-dealkylation sites (tertiary alicyclic amines) is 1. The predicted molar refractivity (Wildman–Crippen MR) is 118 cm³/mol. The van der Waals surface area contributed by atoms with Crippen LogP contribution in [0.3, 0.4) is 0 Å². The molecule has 4 unspecified atom stereocenters. The molecule has 0 aromatic heterocycles. The van der Waals surface area contributed by atoms with E-state index >= 15 is 0 Å². The van der Waals surface area contributed by atoms with Crippen LogP contribution in [0.15, 0.2) is 41.4 Å². The summed E-state index contributed by atoms with van der Waals surface area (Å²) >= 11 is 0. The average molecular weight is 409 g/mol. The Morgan fingerprint density at radius 3 is 2.23 bits per heavy atom. The highest BCUT2D eigenvalue weighted by atomic mass is 16.2. The predicted octanol–water partition coefficient (Wildman–Crippen LogP) is 2.24. The van der Waals surface area contributed by atoms with E-state index in [1.807, 2.05) is 0 Å². The van der Waals surface area contributed by atoms with Gasteiger partial charge in [0.05, 0.1) is 11.8 Å². The quantitative estimate of drug-likeness (QED) is 0.328. The van der Waals surface area contributed by atoms with Crippen molar-refractivity contribution in [2.75, 3.05) is 26.7 Å². The summed E-state index contributed by atoms with van der Waals surface area (Å²) in [5.74, 6) is 0.955. The van der Waals surface area contributed by atoms with E-state index in [4.69, 9.17) is 0 Å². The molecule has 2 N–H and O–H groups in total. The van der Waals surface area contributed by atoms with Crippen molar-refractivity contribution < 1.29 is 9.59 Å². The van der Waals surface area contributed by atoms with Crippen LogP contribution >= 0.6 is 0 Å². The topological polar surface area (TPSA) is 73.8 Å². The molecule has 3 aliphatic rings. The van der Waals surface area contributed by atoms with Gasteiger partial charge in [0.1, 0.15) is 0 Å². The fourth-order valence-electron chi connectivity index (χ4n) is 5.10. The van der Waals surface area contributed by atoms with Crippen molar-refractivity contribution >= 4 is 17.8 Å². The summed E-state index contributed by atoms with van der Waals surface area (Å²) in [6.45, 7) is 8.07. The van der Waals surface area contributed by atoms with E-state index in [9.17, 15) is 9.59 Å². The highest BCUT2D eigenvalue weighted by Gasteiger charge is 2.58. The van der Waals surface area contributed by atoms with Crippen molar-refractivity contribution in [2.24, 2.45) is 28.7 Å². The van der Waals surface area contributed by atoms with E-state index in [1.54, 1.807) is 7.05 Å². The Bertz CT molecular complexity index is 857. The van der Waals surface area contributed by atoms with Gasteiger partial charge in [0.25, 0.3) is 0 Å². The van der Waals surface area contributed by atoms with Crippen molar-refractivity contribution in [3.63, 3.8) is 0 Å². The Hall–Kier alpha value is -2.63. The minimum absolute atomic E-state index is 0.00657. The first-order valence-electron chi connectivity index (χ1n) is 10.9. The molecule has 6 nitrogen and oxygen atoms in total. The highest BCUT2D eigenvalue weighted by Crippen LogP contribution is 2.52. The van der Waals surface area contributed by atoms with E-state index in [2.05, 4.69) is 72.8 Å². The molecule has 1 saturated carbocycles. The van der Waals surface area contributed by atoms with E-state index in [0.717, 1.165) is 13.0 Å². The molecule has 2 bridgehead atoms. The smallest absolute Gasteiger partial charge is 0.233 e. The number of fused-ring (bicyclic) bond motifs is 5. The molecule has 160 valence electrons. The first kappa shape index (κ1) is 20.6. The zero-order chi connectivity index (χ0) is 21.5. The molecule has 4 atom stereocenters. The molecule has 1 aromatic carbocycles. The van der Waals surface area contributed by atoms with Gasteiger partial charge in [-0.05, 0) is 30.7 Å². The number of hydrogen-bond acceptors (Lipinski definition) is 3. The maximum Gasteiger partial charge on any atom is 0.233 e. The summed E-state index contributed by atoms with van der Waals surface area (Å²) in [6.07, 6.45) is 5.22. The van der Waals surface area contributed by atoms with Crippen LogP contribution in [0.4, 0.5) is 0 Å². The summed E-state index contributed by atoms with van der Waals surface area (Å²) in [6, 6.07) is 8.59. The molecule has 0 spiro atoms. The third kappa shape index (κ3) is 3.64. The Kier molecular flexibility index (Phi) is 5.43. The number of allylic oxidation sites excluding steroid dienone is 2. The Balaban J connectivity index is 1.28. The van der Waals surface area contributed by atoms with Gasteiger partial charge in [-0.1, -0.05) is 55.8 Å². The zero-order valence-corrected chi connectivity index (χ0v) is 18.3. The lowest BCUT2D eigenvalue weighted by atomic mass is 9.84. The molecule has 4 rings (SSSR count). The van der Waals surface area contributed by atoms with Crippen molar-refractivity contribution in [1.29, 1.82) is 0 Å². The SMILES string of the molecule is CN=C(NCCN1C(=O)C2C3C=CC(C3)C2C1=O)NCC(C)(C)c1ccc(C)cc1. The van der Waals surface area contributed by atoms with Crippen LogP contribution in [0.2, 0.25) is 0 Å². The number of aryl methyl sites for hydroxylation is 1. The molecule has 2 amide bonds. The number of rotatable bonds is 6. The van der Waals surface area contributed by atoms with Gasteiger partial charge in [0.2, 0.25) is 11.8 Å². The lowest BCUT2D eigenvalue weighted by Crippen LogP contribution is -2.46. The summed E-state index contributed by atoms with van der Waals surface area (Å²) in [5, 5.41) is 6.63. The van der Waals surface area contributed by atoms with Crippen molar-refractivity contribution in [2.45, 2.75) is 32.6 Å². The molecular formula is C24H32N4O2. The summed E-state index contributed by atoms with van der Waals surface area (Å²) in [7, 11) is 1.73. The zero-order valence-electron chi connectivity index (χ0n) is 18.3. The Labute approximate surface area is 178 Å². The molecule has 2 aliphatic carbocycles. The maximum atomic E-state index is 12.8. The van der Waals surface area contributed by atoms with Gasteiger partial charge in [-0.25, -0.2) is 0 Å². The first-order chi connectivity index (χ1) is 14.3. The van der Waals surface area contributed by atoms with Crippen LogP contribution in [0, 0.1) is 30.6 Å².